The van der Waals surface area contributed by atoms with Gasteiger partial charge in [0.15, 0.2) is 5.13 Å². The van der Waals surface area contributed by atoms with Crippen LogP contribution in [0.1, 0.15) is 20.9 Å². The summed E-state index contributed by atoms with van der Waals surface area (Å²) in [4.78, 5) is 17.4. The van der Waals surface area contributed by atoms with Crippen molar-refractivity contribution in [3.05, 3.63) is 50.6 Å². The number of thiazole rings is 1. The molecule has 136 valence electrons. The fourth-order valence-corrected chi connectivity index (χ4v) is 7.23. The number of halogens is 1. The van der Waals surface area contributed by atoms with Crippen LogP contribution in [-0.2, 0) is 23.0 Å². The first-order valence-electron chi connectivity index (χ1n) is 7.51. The minimum atomic E-state index is -3.53. The first-order chi connectivity index (χ1) is 12.4. The summed E-state index contributed by atoms with van der Waals surface area (Å²) in [6.07, 6.45) is 3.29. The summed E-state index contributed by atoms with van der Waals surface area (Å²) in [5, 5.41) is 3.18. The normalized spacial score (nSPS) is 15.0. The Morgan fingerprint density at radius 2 is 2.15 bits per heavy atom. The highest BCUT2D eigenvalue weighted by Gasteiger charge is 2.31. The molecule has 0 radical (unpaired) electrons. The minimum Gasteiger partial charge on any atom is -0.472 e. The van der Waals surface area contributed by atoms with Gasteiger partial charge in [0.05, 0.1) is 27.9 Å². The van der Waals surface area contributed by atoms with Crippen molar-refractivity contribution < 1.29 is 17.6 Å². The lowest BCUT2D eigenvalue weighted by Crippen LogP contribution is -2.35. The van der Waals surface area contributed by atoms with Crippen molar-refractivity contribution in [1.29, 1.82) is 0 Å². The maximum absolute atomic E-state index is 12.8. The zero-order chi connectivity index (χ0) is 18.3. The Bertz CT molecular complexity index is 1060. The number of anilines is 1. The number of carbonyl (C=O) groups excluding carboxylic acids is 1. The molecule has 3 aromatic heterocycles. The van der Waals surface area contributed by atoms with Gasteiger partial charge in [0.25, 0.3) is 15.9 Å². The van der Waals surface area contributed by atoms with E-state index < -0.39 is 10.0 Å². The van der Waals surface area contributed by atoms with Crippen molar-refractivity contribution in [2.45, 2.75) is 17.2 Å². The number of thiophene rings is 1. The van der Waals surface area contributed by atoms with E-state index in [-0.39, 0.29) is 12.5 Å². The van der Waals surface area contributed by atoms with Crippen LogP contribution < -0.4 is 5.32 Å². The first-order valence-corrected chi connectivity index (χ1v) is 11.4. The highest BCUT2D eigenvalue weighted by molar-refractivity contribution is 9.11. The number of aromatic nitrogens is 1. The second kappa shape index (κ2) is 6.89. The van der Waals surface area contributed by atoms with Crippen molar-refractivity contribution >= 4 is 59.7 Å². The average Bonchev–Trinajstić information content (AvgIpc) is 3.34. The number of fused-ring (bicyclic) bond motifs is 1. The zero-order valence-corrected chi connectivity index (χ0v) is 17.2. The van der Waals surface area contributed by atoms with Crippen molar-refractivity contribution in [2.24, 2.45) is 0 Å². The van der Waals surface area contributed by atoms with E-state index in [2.05, 4.69) is 26.2 Å². The first kappa shape index (κ1) is 17.9. The Labute approximate surface area is 165 Å². The van der Waals surface area contributed by atoms with Crippen LogP contribution >= 0.6 is 38.6 Å². The van der Waals surface area contributed by atoms with Gasteiger partial charge in [-0.1, -0.05) is 0 Å². The van der Waals surface area contributed by atoms with Gasteiger partial charge in [-0.25, -0.2) is 13.4 Å². The van der Waals surface area contributed by atoms with Crippen LogP contribution in [0.15, 0.2) is 43.1 Å². The average molecular weight is 474 g/mol. The summed E-state index contributed by atoms with van der Waals surface area (Å²) in [5.41, 5.74) is 1.24. The molecule has 0 spiro atoms. The van der Waals surface area contributed by atoms with Crippen LogP contribution in [0.3, 0.4) is 0 Å². The molecule has 1 N–H and O–H groups in total. The standard InChI is InChI=1S/C15H12BrN3O4S3/c16-12-1-2-13(25-12)26(21,22)19-5-3-10-11(7-19)24-15(17-10)18-14(20)9-4-6-23-8-9/h1-2,4,6,8H,3,5,7H2,(H,17,18,20). The van der Waals surface area contributed by atoms with Gasteiger partial charge >= 0.3 is 0 Å². The summed E-state index contributed by atoms with van der Waals surface area (Å²) in [6, 6.07) is 4.89. The number of rotatable bonds is 4. The van der Waals surface area contributed by atoms with E-state index in [0.717, 1.165) is 14.4 Å². The molecule has 0 fully saturated rings. The number of sulfonamides is 1. The van der Waals surface area contributed by atoms with Crippen molar-refractivity contribution in [3.63, 3.8) is 0 Å². The molecule has 1 aliphatic heterocycles. The summed E-state index contributed by atoms with van der Waals surface area (Å²) in [5.74, 6) is -0.308. The monoisotopic (exact) mass is 473 g/mol. The molecule has 0 atom stereocenters. The molecule has 0 saturated heterocycles. The van der Waals surface area contributed by atoms with Crippen molar-refractivity contribution in [2.75, 3.05) is 11.9 Å². The molecular weight excluding hydrogens is 462 g/mol. The maximum Gasteiger partial charge on any atom is 0.260 e. The fourth-order valence-electron chi connectivity index (χ4n) is 2.56. The third-order valence-corrected chi connectivity index (χ3v) is 8.78. The highest BCUT2D eigenvalue weighted by Crippen LogP contribution is 2.34. The number of nitrogens with zero attached hydrogens (tertiary/aromatic N) is 2. The largest absolute Gasteiger partial charge is 0.472 e. The molecule has 0 unspecified atom stereocenters. The highest BCUT2D eigenvalue weighted by atomic mass is 79.9. The zero-order valence-electron chi connectivity index (χ0n) is 13.1. The molecule has 4 heterocycles. The number of nitrogens with one attached hydrogen (secondary N) is 1. The van der Waals surface area contributed by atoms with Crippen molar-refractivity contribution in [3.8, 4) is 0 Å². The molecule has 1 amide bonds. The third kappa shape index (κ3) is 3.37. The molecule has 3 aromatic rings. The van der Waals surface area contributed by atoms with E-state index in [0.29, 0.717) is 27.9 Å². The predicted molar refractivity (Wildman–Crippen MR) is 102 cm³/mol. The second-order valence-electron chi connectivity index (χ2n) is 5.50. The van der Waals surface area contributed by atoms with E-state index in [9.17, 15) is 13.2 Å². The van der Waals surface area contributed by atoms with Gasteiger partial charge in [-0.3, -0.25) is 10.1 Å². The van der Waals surface area contributed by atoms with E-state index in [1.807, 2.05) is 0 Å². The van der Waals surface area contributed by atoms with Gasteiger partial charge in [-0.2, -0.15) is 4.31 Å². The van der Waals surface area contributed by atoms with Crippen LogP contribution in [0.5, 0.6) is 0 Å². The Balaban J connectivity index is 1.52. The summed E-state index contributed by atoms with van der Waals surface area (Å²) >= 11 is 5.78. The van der Waals surface area contributed by atoms with E-state index in [1.165, 1.54) is 39.5 Å². The Kier molecular flexibility index (Phi) is 4.73. The molecule has 0 saturated carbocycles. The Morgan fingerprint density at radius 3 is 2.85 bits per heavy atom. The Hall–Kier alpha value is -1.53. The molecule has 7 nitrogen and oxygen atoms in total. The van der Waals surface area contributed by atoms with Gasteiger partial charge < -0.3 is 4.42 Å². The third-order valence-electron chi connectivity index (χ3n) is 3.84. The molecule has 0 bridgehead atoms. The number of amides is 1. The number of furan rings is 1. The van der Waals surface area contributed by atoms with Crippen LogP contribution in [0.25, 0.3) is 0 Å². The number of carbonyl (C=O) groups is 1. The van der Waals surface area contributed by atoms with Crippen LogP contribution in [-0.4, -0.2) is 30.2 Å². The lowest BCUT2D eigenvalue weighted by Gasteiger charge is -2.24. The van der Waals surface area contributed by atoms with Gasteiger partial charge in [0.2, 0.25) is 0 Å². The summed E-state index contributed by atoms with van der Waals surface area (Å²) in [7, 11) is -3.53. The second-order valence-corrected chi connectivity index (χ2v) is 11.2. The van der Waals surface area contributed by atoms with Crippen LogP contribution in [0.2, 0.25) is 0 Å². The fraction of sp³-hybridized carbons (Fsp3) is 0.200. The molecule has 26 heavy (non-hydrogen) atoms. The van der Waals surface area contributed by atoms with Gasteiger partial charge in [0.1, 0.15) is 10.5 Å². The van der Waals surface area contributed by atoms with Gasteiger partial charge in [-0.15, -0.1) is 22.7 Å². The van der Waals surface area contributed by atoms with Crippen molar-refractivity contribution in [1.82, 2.24) is 9.29 Å². The van der Waals surface area contributed by atoms with Gasteiger partial charge in [0, 0.05) is 17.8 Å². The van der Waals surface area contributed by atoms with E-state index in [1.54, 1.807) is 18.2 Å². The molecule has 4 rings (SSSR count). The number of hydrogen-bond acceptors (Lipinski definition) is 7. The molecule has 0 aliphatic carbocycles. The molecule has 11 heteroatoms. The lowest BCUT2D eigenvalue weighted by molar-refractivity contribution is 0.102. The SMILES string of the molecule is O=C(Nc1nc2c(s1)CN(S(=O)(=O)c1ccc(Br)s1)CC2)c1ccoc1. The minimum absolute atomic E-state index is 0.256. The Morgan fingerprint density at radius 1 is 1.31 bits per heavy atom. The van der Waals surface area contributed by atoms with Crippen LogP contribution in [0.4, 0.5) is 5.13 Å². The molecular formula is C15H12BrN3O4S3. The van der Waals surface area contributed by atoms with Gasteiger partial charge in [-0.05, 0) is 34.1 Å². The summed E-state index contributed by atoms with van der Waals surface area (Å²) in [6.45, 7) is 0.621. The lowest BCUT2D eigenvalue weighted by atomic mass is 10.2. The quantitative estimate of drug-likeness (QED) is 0.625. The molecule has 0 aromatic carbocycles. The molecule has 1 aliphatic rings. The van der Waals surface area contributed by atoms with E-state index in [4.69, 9.17) is 4.42 Å². The smallest absolute Gasteiger partial charge is 0.260 e. The summed E-state index contributed by atoms with van der Waals surface area (Å²) < 4.78 is 33.0. The van der Waals surface area contributed by atoms with Crippen LogP contribution in [0, 0.1) is 0 Å². The maximum atomic E-state index is 12.8. The van der Waals surface area contributed by atoms with E-state index >= 15 is 0 Å². The number of hydrogen-bond donors (Lipinski definition) is 1. The topological polar surface area (TPSA) is 92.5 Å². The predicted octanol–water partition coefficient (Wildman–Crippen LogP) is 3.56.